The van der Waals surface area contributed by atoms with E-state index in [9.17, 15) is 19.5 Å². The van der Waals surface area contributed by atoms with Crippen LogP contribution in [0.2, 0.25) is 0 Å². The van der Waals surface area contributed by atoms with E-state index in [-0.39, 0.29) is 18.2 Å². The average molecular weight is 393 g/mol. The zero-order valence-corrected chi connectivity index (χ0v) is 15.9. The largest absolute Gasteiger partial charge is 0.550 e. The number of nitrogens with one attached hydrogen (secondary N) is 2. The number of hydrogen-bond donors (Lipinski definition) is 2. The molecular weight excluding hydrogens is 372 g/mol. The van der Waals surface area contributed by atoms with Gasteiger partial charge in [0.05, 0.1) is 13.0 Å². The van der Waals surface area contributed by atoms with Crippen molar-refractivity contribution in [2.45, 2.75) is 12.8 Å². The summed E-state index contributed by atoms with van der Waals surface area (Å²) in [7, 11) is 1.53. The predicted octanol–water partition coefficient (Wildman–Crippen LogP) is 2.22. The normalized spacial score (nSPS) is 18.0. The van der Waals surface area contributed by atoms with E-state index in [1.54, 1.807) is 60.7 Å². The van der Waals surface area contributed by atoms with E-state index < -0.39 is 17.8 Å². The summed E-state index contributed by atoms with van der Waals surface area (Å²) in [6, 6.07) is 13.4. The fourth-order valence-electron chi connectivity index (χ4n) is 3.20. The van der Waals surface area contributed by atoms with Crippen LogP contribution in [0.5, 0.6) is 5.75 Å². The van der Waals surface area contributed by atoms with Gasteiger partial charge in [-0.15, -0.1) is 0 Å². The second kappa shape index (κ2) is 9.05. The highest BCUT2D eigenvalue weighted by Gasteiger charge is 2.29. The number of hydrogen-bond acceptors (Lipinski definition) is 5. The number of carboxylic acid groups (broad SMARTS) is 1. The minimum Gasteiger partial charge on any atom is -0.550 e. The van der Waals surface area contributed by atoms with Gasteiger partial charge in [-0.25, -0.2) is 0 Å². The number of ether oxygens (including phenoxy) is 1. The lowest BCUT2D eigenvalue weighted by Gasteiger charge is -2.28. The van der Waals surface area contributed by atoms with Crippen molar-refractivity contribution in [3.63, 3.8) is 0 Å². The molecule has 29 heavy (non-hydrogen) atoms. The molecule has 2 amide bonds. The van der Waals surface area contributed by atoms with Gasteiger partial charge in [0.1, 0.15) is 5.75 Å². The summed E-state index contributed by atoms with van der Waals surface area (Å²) in [5.41, 5.74) is 1.53. The van der Waals surface area contributed by atoms with Gasteiger partial charge in [0.2, 0.25) is 5.91 Å². The SMILES string of the molecule is COc1cccc(C(=O)Nc2ccc(NC(=O)[C@H]3CC=CC[C@@H]3C(=O)[O-])cc2)c1. The minimum atomic E-state index is -1.22. The Bertz CT molecular complexity index is 936. The molecule has 0 saturated carbocycles. The molecule has 7 heteroatoms. The Balaban J connectivity index is 1.62. The molecule has 2 N–H and O–H groups in total. The Labute approximate surface area is 168 Å². The molecule has 7 nitrogen and oxygen atoms in total. The molecular formula is C22H21N2O5-. The smallest absolute Gasteiger partial charge is 0.255 e. The Morgan fingerprint density at radius 1 is 0.931 bits per heavy atom. The summed E-state index contributed by atoms with van der Waals surface area (Å²) in [6.07, 6.45) is 4.21. The van der Waals surface area contributed by atoms with Gasteiger partial charge in [-0.2, -0.15) is 0 Å². The van der Waals surface area contributed by atoms with Crippen molar-refractivity contribution in [1.82, 2.24) is 0 Å². The van der Waals surface area contributed by atoms with Crippen molar-refractivity contribution in [2.75, 3.05) is 17.7 Å². The van der Waals surface area contributed by atoms with Crippen molar-refractivity contribution in [2.24, 2.45) is 11.8 Å². The number of carbonyl (C=O) groups is 3. The molecule has 0 bridgehead atoms. The second-order valence-corrected chi connectivity index (χ2v) is 6.73. The zero-order valence-electron chi connectivity index (χ0n) is 15.9. The number of anilines is 2. The number of rotatable bonds is 6. The van der Waals surface area contributed by atoms with Crippen molar-refractivity contribution in [1.29, 1.82) is 0 Å². The summed E-state index contributed by atoms with van der Waals surface area (Å²) in [5, 5.41) is 16.8. The molecule has 0 heterocycles. The number of carboxylic acids is 1. The van der Waals surface area contributed by atoms with E-state index >= 15 is 0 Å². The molecule has 0 fully saturated rings. The molecule has 0 aliphatic heterocycles. The lowest BCUT2D eigenvalue weighted by Crippen LogP contribution is -2.41. The summed E-state index contributed by atoms with van der Waals surface area (Å²) in [6.45, 7) is 0. The van der Waals surface area contributed by atoms with Crippen molar-refractivity contribution in [3.8, 4) is 5.75 Å². The van der Waals surface area contributed by atoms with Gasteiger partial charge in [0, 0.05) is 28.8 Å². The van der Waals surface area contributed by atoms with Gasteiger partial charge in [-0.05, 0) is 55.3 Å². The molecule has 1 aliphatic rings. The van der Waals surface area contributed by atoms with Crippen LogP contribution < -0.4 is 20.5 Å². The van der Waals surface area contributed by atoms with Crippen LogP contribution in [0.1, 0.15) is 23.2 Å². The third-order valence-electron chi connectivity index (χ3n) is 4.81. The van der Waals surface area contributed by atoms with Crippen LogP contribution in [0.3, 0.4) is 0 Å². The zero-order chi connectivity index (χ0) is 20.8. The molecule has 0 radical (unpaired) electrons. The third-order valence-corrected chi connectivity index (χ3v) is 4.81. The summed E-state index contributed by atoms with van der Waals surface area (Å²) in [5.74, 6) is -2.78. The van der Waals surface area contributed by atoms with Crippen LogP contribution in [0.25, 0.3) is 0 Å². The lowest BCUT2D eigenvalue weighted by molar-refractivity contribution is -0.313. The highest BCUT2D eigenvalue weighted by Crippen LogP contribution is 2.27. The topological polar surface area (TPSA) is 108 Å². The van der Waals surface area contributed by atoms with Crippen LogP contribution in [0.15, 0.2) is 60.7 Å². The van der Waals surface area contributed by atoms with E-state index in [1.807, 2.05) is 0 Å². The van der Waals surface area contributed by atoms with Crippen molar-refractivity contribution < 1.29 is 24.2 Å². The van der Waals surface area contributed by atoms with E-state index in [0.717, 1.165) is 0 Å². The van der Waals surface area contributed by atoms with Gasteiger partial charge in [-0.1, -0.05) is 18.2 Å². The Kier molecular flexibility index (Phi) is 6.29. The van der Waals surface area contributed by atoms with Crippen LogP contribution >= 0.6 is 0 Å². The molecule has 2 atom stereocenters. The quantitative estimate of drug-likeness (QED) is 0.732. The van der Waals surface area contributed by atoms with E-state index in [2.05, 4.69) is 10.6 Å². The number of benzene rings is 2. The molecule has 3 rings (SSSR count). The van der Waals surface area contributed by atoms with E-state index in [4.69, 9.17) is 4.74 Å². The van der Waals surface area contributed by atoms with Crippen molar-refractivity contribution in [3.05, 3.63) is 66.2 Å². The monoisotopic (exact) mass is 393 g/mol. The van der Waals surface area contributed by atoms with Crippen LogP contribution in [-0.2, 0) is 9.59 Å². The number of amides is 2. The predicted molar refractivity (Wildman–Crippen MR) is 106 cm³/mol. The van der Waals surface area contributed by atoms with Gasteiger partial charge in [-0.3, -0.25) is 9.59 Å². The van der Waals surface area contributed by atoms with Gasteiger partial charge in [0.25, 0.3) is 5.91 Å². The summed E-state index contributed by atoms with van der Waals surface area (Å²) >= 11 is 0. The number of allylic oxidation sites excluding steroid dienone is 2. The molecule has 0 spiro atoms. The number of aliphatic carboxylic acids is 1. The molecule has 0 saturated heterocycles. The number of methoxy groups -OCH3 is 1. The van der Waals surface area contributed by atoms with Gasteiger partial charge < -0.3 is 25.3 Å². The highest BCUT2D eigenvalue weighted by molar-refractivity contribution is 6.04. The fourth-order valence-corrected chi connectivity index (χ4v) is 3.20. The van der Waals surface area contributed by atoms with Crippen molar-refractivity contribution >= 4 is 29.2 Å². The lowest BCUT2D eigenvalue weighted by atomic mass is 9.82. The maximum absolute atomic E-state index is 12.5. The summed E-state index contributed by atoms with van der Waals surface area (Å²) in [4.78, 5) is 36.1. The second-order valence-electron chi connectivity index (χ2n) is 6.73. The first kappa shape index (κ1) is 20.1. The van der Waals surface area contributed by atoms with Crippen LogP contribution in [0.4, 0.5) is 11.4 Å². The molecule has 1 aliphatic carbocycles. The molecule has 0 unspecified atom stereocenters. The first-order chi connectivity index (χ1) is 14.0. The Morgan fingerprint density at radius 2 is 1.55 bits per heavy atom. The standard InChI is InChI=1S/C22H22N2O5/c1-29-17-6-4-5-14(13-17)20(25)23-15-9-11-16(12-10-15)24-21(26)18-7-2-3-8-19(18)22(27)28/h2-6,9-13,18-19H,7-8H2,1H3,(H,23,25)(H,24,26)(H,27,28)/p-1/t18-,19-/m0/s1. The molecule has 2 aromatic carbocycles. The molecule has 2 aromatic rings. The number of carbonyl (C=O) groups excluding carboxylic acids is 3. The Morgan fingerprint density at radius 3 is 2.17 bits per heavy atom. The van der Waals surface area contributed by atoms with E-state index in [0.29, 0.717) is 29.1 Å². The highest BCUT2D eigenvalue weighted by atomic mass is 16.5. The maximum atomic E-state index is 12.5. The minimum absolute atomic E-state index is 0.286. The third kappa shape index (κ3) is 5.01. The maximum Gasteiger partial charge on any atom is 0.255 e. The fraction of sp³-hybridized carbons (Fsp3) is 0.227. The van der Waals surface area contributed by atoms with Crippen LogP contribution in [0, 0.1) is 11.8 Å². The van der Waals surface area contributed by atoms with Crippen LogP contribution in [-0.4, -0.2) is 24.9 Å². The Hall–Kier alpha value is -3.61. The van der Waals surface area contributed by atoms with E-state index in [1.165, 1.54) is 7.11 Å². The summed E-state index contributed by atoms with van der Waals surface area (Å²) < 4.78 is 5.12. The molecule has 150 valence electrons. The average Bonchev–Trinajstić information content (AvgIpc) is 2.75. The van der Waals surface area contributed by atoms with Gasteiger partial charge in [0.15, 0.2) is 0 Å². The first-order valence-electron chi connectivity index (χ1n) is 9.20. The molecule has 0 aromatic heterocycles. The van der Waals surface area contributed by atoms with Gasteiger partial charge >= 0.3 is 0 Å². The first-order valence-corrected chi connectivity index (χ1v) is 9.20.